The quantitative estimate of drug-likeness (QED) is 0.0195. The Balaban J connectivity index is 0.0000372. The van der Waals surface area contributed by atoms with E-state index >= 15 is 0 Å². The molecule has 35 heteroatoms. The fourth-order valence-electron chi connectivity index (χ4n) is 15.4. The topological polar surface area (TPSA) is 488 Å². The third-order valence-electron chi connectivity index (χ3n) is 23.0. The average Bonchev–Trinajstić information content (AvgIpc) is 1.17. The number of amides is 4. The number of carbonyl (C=O) groups excluding carboxylic acids is 9. The van der Waals surface area contributed by atoms with Crippen LogP contribution in [0, 0.1) is 23.2 Å². The van der Waals surface area contributed by atoms with Crippen molar-refractivity contribution in [1.82, 2.24) is 20.9 Å². The van der Waals surface area contributed by atoms with Gasteiger partial charge >= 0.3 is 18.0 Å². The summed E-state index contributed by atoms with van der Waals surface area (Å²) in [5.41, 5.74) is -0.657. The maximum absolute atomic E-state index is 14.2. The van der Waals surface area contributed by atoms with Crippen molar-refractivity contribution in [1.29, 1.82) is 0 Å². The molecule has 4 aliphatic heterocycles. The second-order valence-corrected chi connectivity index (χ2v) is 34.0. The van der Waals surface area contributed by atoms with Crippen LogP contribution in [0.2, 0.25) is 0 Å². The van der Waals surface area contributed by atoms with Crippen molar-refractivity contribution in [3.8, 4) is 0 Å². The molecule has 33 nitrogen and oxygen atoms in total. The number of nitrogens with zero attached hydrogens (tertiary/aromatic N) is 1. The molecule has 4 fully saturated rings. The zero-order valence-corrected chi connectivity index (χ0v) is 75.8. The van der Waals surface area contributed by atoms with Gasteiger partial charge in [0.25, 0.3) is 0 Å². The molecule has 0 aromatic rings. The van der Waals surface area contributed by atoms with Gasteiger partial charge in [0, 0.05) is 160 Å². The van der Waals surface area contributed by atoms with E-state index in [0.29, 0.717) is 179 Å². The zero-order valence-electron chi connectivity index (χ0n) is 72.2. The number of alkyl carbamates (subject to hydrolysis) is 1. The van der Waals surface area contributed by atoms with Crippen LogP contribution in [0.25, 0.3) is 0 Å². The molecular weight excluding hydrogens is 1660 g/mol. The van der Waals surface area contributed by atoms with E-state index in [2.05, 4.69) is 16.0 Å². The van der Waals surface area contributed by atoms with E-state index in [-0.39, 0.29) is 177 Å². The predicted molar refractivity (Wildman–Crippen MR) is 440 cm³/mol. The van der Waals surface area contributed by atoms with Crippen LogP contribution >= 0.6 is 11.8 Å². The largest absolute Gasteiger partial charge is 0.466 e. The number of carbonyl (C=O) groups is 9. The Kier molecular flexibility index (Phi) is 60.7. The Morgan fingerprint density at radius 2 is 0.775 bits per heavy atom. The Hall–Kier alpha value is -3.60. The molecule has 4 aliphatic rings. The molecule has 17 atom stereocenters. The van der Waals surface area contributed by atoms with E-state index < -0.39 is 123 Å². The summed E-state index contributed by atoms with van der Waals surface area (Å²) < 4.78 is 56.6. The van der Waals surface area contributed by atoms with E-state index in [0.717, 1.165) is 64.2 Å². The molecule has 4 heterocycles. The first kappa shape index (κ1) is 111. The molecule has 0 aromatic carbocycles. The van der Waals surface area contributed by atoms with Gasteiger partial charge in [0.05, 0.1) is 96.5 Å². The summed E-state index contributed by atoms with van der Waals surface area (Å²) >= 11 is 1.59. The Morgan fingerprint density at radius 1 is 0.400 bits per heavy atom. The minimum Gasteiger partial charge on any atom is -0.466 e. The number of aliphatic hydroxyl groups excluding tert-OH is 10. The fraction of sp³-hybridized carbons (Fsp3) is 0.894. The van der Waals surface area contributed by atoms with Gasteiger partial charge in [-0.3, -0.25) is 38.4 Å². The second kappa shape index (κ2) is 65.9. The minimum atomic E-state index is -1.23. The van der Waals surface area contributed by atoms with Crippen LogP contribution in [0.15, 0.2) is 0 Å². The number of ether oxygens (including phenoxy) is 10. The van der Waals surface area contributed by atoms with Crippen molar-refractivity contribution in [3.63, 3.8) is 0 Å². The van der Waals surface area contributed by atoms with Gasteiger partial charge in [-0.1, -0.05) is 72.1 Å². The number of methoxy groups -OCH3 is 1. The third kappa shape index (κ3) is 45.2. The van der Waals surface area contributed by atoms with Crippen molar-refractivity contribution in [2.24, 2.45) is 23.2 Å². The normalized spacial score (nSPS) is 25.4. The van der Waals surface area contributed by atoms with Gasteiger partial charge in [-0.15, -0.1) is 0 Å². The molecule has 0 bridgehead atoms. The summed E-state index contributed by atoms with van der Waals surface area (Å²) in [6.45, 7) is 6.13. The number of unbranched alkanes of at least 4 members (excludes halogenated alkanes) is 12. The number of aliphatic hydroxyl groups is 10. The van der Waals surface area contributed by atoms with Crippen LogP contribution in [0.5, 0.6) is 0 Å². The van der Waals surface area contributed by atoms with E-state index in [1.165, 1.54) is 0 Å². The molecule has 693 valence electrons. The van der Waals surface area contributed by atoms with Crippen molar-refractivity contribution in [3.05, 3.63) is 0 Å². The number of Topliss-reactive ketones (excluding diaryl/α,β-unsaturated/α-hetero) is 3. The number of thioether (sulfide) groups is 1. The van der Waals surface area contributed by atoms with Crippen molar-refractivity contribution in [2.75, 3.05) is 111 Å². The molecule has 0 aromatic heterocycles. The Bertz CT molecular complexity index is 2730. The molecule has 4 saturated heterocycles. The predicted octanol–water partition coefficient (Wildman–Crippen LogP) is 5.77. The minimum absolute atomic E-state index is 0. The van der Waals surface area contributed by atoms with Crippen molar-refractivity contribution in [2.45, 2.75) is 351 Å². The molecule has 1 radical (unpaired) electrons. The van der Waals surface area contributed by atoms with Crippen LogP contribution in [0.3, 0.4) is 0 Å². The monoisotopic (exact) mass is 1810 g/mol. The summed E-state index contributed by atoms with van der Waals surface area (Å²) in [5.74, 6) is -1.17. The molecule has 0 aliphatic carbocycles. The smallest absolute Gasteiger partial charge is 0.407 e. The van der Waals surface area contributed by atoms with E-state index in [1.807, 2.05) is 0 Å². The number of hydrogen-bond acceptors (Lipinski definition) is 30. The van der Waals surface area contributed by atoms with Gasteiger partial charge < -0.3 is 119 Å². The molecule has 15 unspecified atom stereocenters. The first-order valence-electron chi connectivity index (χ1n) is 44.3. The molecule has 120 heavy (non-hydrogen) atoms. The first-order valence-corrected chi connectivity index (χ1v) is 45.5. The number of esters is 2. The number of likely N-dealkylation sites (tertiary alicyclic amines) is 1. The summed E-state index contributed by atoms with van der Waals surface area (Å²) in [7, 11) is 1.59. The molecule has 13 N–H and O–H groups in total. The Morgan fingerprint density at radius 3 is 1.21 bits per heavy atom. The molecule has 0 spiro atoms. The molecular formula is C85H150N4O29SY. The second-order valence-electron chi connectivity index (χ2n) is 32.8. The van der Waals surface area contributed by atoms with Crippen LogP contribution < -0.4 is 16.0 Å². The van der Waals surface area contributed by atoms with Crippen LogP contribution in [-0.4, -0.2) is 306 Å². The summed E-state index contributed by atoms with van der Waals surface area (Å²) in [6.07, 6.45) is 6.80. The van der Waals surface area contributed by atoms with Gasteiger partial charge in [-0.25, -0.2) is 4.79 Å². The van der Waals surface area contributed by atoms with Crippen molar-refractivity contribution < 1.29 is 174 Å². The summed E-state index contributed by atoms with van der Waals surface area (Å²) in [5, 5.41) is 108. The molecule has 4 amide bonds. The number of ketones is 3. The summed E-state index contributed by atoms with van der Waals surface area (Å²) in [6, 6.07) is -0.263. The van der Waals surface area contributed by atoms with Gasteiger partial charge in [0.15, 0.2) is 18.9 Å². The van der Waals surface area contributed by atoms with Crippen LogP contribution in [0.1, 0.15) is 265 Å². The van der Waals surface area contributed by atoms with Gasteiger partial charge in [-0.05, 0) is 133 Å². The third-order valence-corrected chi connectivity index (χ3v) is 24.1. The van der Waals surface area contributed by atoms with Gasteiger partial charge in [0.2, 0.25) is 17.7 Å². The van der Waals surface area contributed by atoms with Gasteiger partial charge in [-0.2, -0.15) is 11.8 Å². The maximum Gasteiger partial charge on any atom is 0.407 e. The van der Waals surface area contributed by atoms with Crippen LogP contribution in [0.4, 0.5) is 4.79 Å². The number of nitrogens with one attached hydrogen (secondary N) is 3. The first-order chi connectivity index (χ1) is 57.3. The zero-order chi connectivity index (χ0) is 87.2. The number of hydrogen-bond donors (Lipinski definition) is 13. The maximum atomic E-state index is 14.2. The number of rotatable bonds is 69. The van der Waals surface area contributed by atoms with Crippen molar-refractivity contribution >= 4 is 64.9 Å². The summed E-state index contributed by atoms with van der Waals surface area (Å²) in [4.78, 5) is 119. The average molecular weight is 1810 g/mol. The van der Waals surface area contributed by atoms with Gasteiger partial charge in [0.1, 0.15) is 54.0 Å². The standard InChI is InChI=1S/C85H150N4O29S.Y/c1-59-75(102)78(105)67(56-91)116-81(59)112-44-21-30-63(94)28-13-9-12-20-43-88-84(108)115-49-27-40-85(53-65(96)37-51-119-50-24-31-64(95)29-16-17-34-72(99)89-54-66(109-4)52-62(89)55-90,38-25-47-110-73(100)35-14-7-5-10-18-41-86-70(97)32-22-45-113-82-60(2)76(103)79(106)68(57-92)117-82)39-26-48-111-74(101)36-15-8-6-11-19-42-87-71(98)33-23-46-114-83-61(3)77(104)80(107)69(58-93)118-83;/h59-62,66-69,75-83,90-93,102-107H,5-58H2,1-4H3,(H,86,97)(H,87,98)(H,88,108);/t59?,60?,61?,62-,66+,67?,68?,69?,75?,76?,77?,78?,79?,80?,81?,82?,83?,85?;/m1./s1. The molecule has 0 saturated carbocycles. The van der Waals surface area contributed by atoms with E-state index in [1.54, 1.807) is 44.5 Å². The van der Waals surface area contributed by atoms with E-state index in [9.17, 15) is 94.2 Å². The van der Waals surface area contributed by atoms with E-state index in [4.69, 9.17) is 47.4 Å². The SMILES string of the molecule is CO[C@H]1C[C@H](CO)N(C(=O)CCCCC(=O)CCCSCCC(=O)CC(CCCOC(=O)CCCCCCCNC(=O)CCCOC2OC(CO)C(O)C(O)C2C)(CCCOC(=O)CCCCCCCNC(=O)CCCOC2OC(CO)C(O)C(O)C2C)CCCOC(=O)NCCCCCCC(=O)CCCOC2OC(CO)C(O)C(O)C2C)C1.[Y]. The fourth-order valence-corrected chi connectivity index (χ4v) is 16.4. The van der Waals surface area contributed by atoms with Crippen LogP contribution in [-0.2, 0) is 118 Å². The Labute approximate surface area is 740 Å². The molecule has 4 rings (SSSR count).